The van der Waals surface area contributed by atoms with E-state index >= 15 is 0 Å². The van der Waals surface area contributed by atoms with Crippen LogP contribution in [0.15, 0.2) is 0 Å². The molecule has 17 heavy (non-hydrogen) atoms. The standard InChI is InChI=1S/C12H24N2O3/c1-9(13)12(16)5-7-14(8-6-12)10(15)17-11(2,3)4/h9,16H,5-8,13H2,1-4H3. The van der Waals surface area contributed by atoms with Crippen molar-refractivity contribution in [3.05, 3.63) is 0 Å². The smallest absolute Gasteiger partial charge is 0.410 e. The minimum absolute atomic E-state index is 0.275. The molecular weight excluding hydrogens is 220 g/mol. The maximum atomic E-state index is 11.8. The van der Waals surface area contributed by atoms with Gasteiger partial charge in [0.1, 0.15) is 5.60 Å². The van der Waals surface area contributed by atoms with Gasteiger partial charge in [-0.1, -0.05) is 0 Å². The van der Waals surface area contributed by atoms with Crippen LogP contribution >= 0.6 is 0 Å². The molecule has 1 aliphatic rings. The highest BCUT2D eigenvalue weighted by atomic mass is 16.6. The zero-order valence-corrected chi connectivity index (χ0v) is 11.2. The number of rotatable bonds is 1. The lowest BCUT2D eigenvalue weighted by molar-refractivity contribution is -0.0435. The summed E-state index contributed by atoms with van der Waals surface area (Å²) in [5.74, 6) is 0. The van der Waals surface area contributed by atoms with Crippen LogP contribution in [0.25, 0.3) is 0 Å². The number of carbonyl (C=O) groups is 1. The molecule has 1 aliphatic heterocycles. The molecule has 1 atom stereocenters. The second-order valence-corrected chi connectivity index (χ2v) is 5.86. The van der Waals surface area contributed by atoms with E-state index < -0.39 is 11.2 Å². The Morgan fingerprint density at radius 1 is 1.41 bits per heavy atom. The molecule has 0 aromatic rings. The lowest BCUT2D eigenvalue weighted by Gasteiger charge is -2.40. The Bertz CT molecular complexity index is 276. The molecular formula is C12H24N2O3. The molecule has 0 bridgehead atoms. The van der Waals surface area contributed by atoms with Gasteiger partial charge in [0.2, 0.25) is 0 Å². The summed E-state index contributed by atoms with van der Waals surface area (Å²) in [4.78, 5) is 13.4. The van der Waals surface area contributed by atoms with Gasteiger partial charge in [-0.15, -0.1) is 0 Å². The molecule has 1 amide bonds. The largest absolute Gasteiger partial charge is 0.444 e. The number of carbonyl (C=O) groups excluding carboxylic acids is 1. The maximum absolute atomic E-state index is 11.8. The number of amides is 1. The van der Waals surface area contributed by atoms with Crippen LogP contribution in [0.2, 0.25) is 0 Å². The number of likely N-dealkylation sites (tertiary alicyclic amines) is 1. The van der Waals surface area contributed by atoms with Gasteiger partial charge in [-0.2, -0.15) is 0 Å². The second-order valence-electron chi connectivity index (χ2n) is 5.86. The Kier molecular flexibility index (Phi) is 4.04. The van der Waals surface area contributed by atoms with Crippen LogP contribution in [-0.4, -0.2) is 46.4 Å². The molecule has 3 N–H and O–H groups in total. The highest BCUT2D eigenvalue weighted by Crippen LogP contribution is 2.25. The van der Waals surface area contributed by atoms with Gasteiger partial charge in [0.15, 0.2) is 0 Å². The van der Waals surface area contributed by atoms with Crippen LogP contribution in [0, 0.1) is 0 Å². The van der Waals surface area contributed by atoms with E-state index in [1.807, 2.05) is 20.8 Å². The van der Waals surface area contributed by atoms with Crippen molar-refractivity contribution >= 4 is 6.09 Å². The van der Waals surface area contributed by atoms with Gasteiger partial charge in [0, 0.05) is 19.1 Å². The van der Waals surface area contributed by atoms with Crippen molar-refractivity contribution in [2.75, 3.05) is 13.1 Å². The summed E-state index contributed by atoms with van der Waals surface area (Å²) in [6.07, 6.45) is 0.692. The monoisotopic (exact) mass is 244 g/mol. The van der Waals surface area contributed by atoms with Gasteiger partial charge < -0.3 is 20.5 Å². The summed E-state index contributed by atoms with van der Waals surface area (Å²) in [6.45, 7) is 8.30. The van der Waals surface area contributed by atoms with E-state index in [1.165, 1.54) is 0 Å². The maximum Gasteiger partial charge on any atom is 0.410 e. The SMILES string of the molecule is CC(N)C1(O)CCN(C(=O)OC(C)(C)C)CC1. The highest BCUT2D eigenvalue weighted by molar-refractivity contribution is 5.68. The van der Waals surface area contributed by atoms with Crippen molar-refractivity contribution in [1.29, 1.82) is 0 Å². The molecule has 0 aliphatic carbocycles. The van der Waals surface area contributed by atoms with Crippen molar-refractivity contribution in [3.63, 3.8) is 0 Å². The van der Waals surface area contributed by atoms with Crippen LogP contribution in [0.3, 0.4) is 0 Å². The van der Waals surface area contributed by atoms with Crippen LogP contribution in [0.4, 0.5) is 4.79 Å². The molecule has 1 heterocycles. The predicted molar refractivity (Wildman–Crippen MR) is 65.6 cm³/mol. The number of nitrogens with zero attached hydrogens (tertiary/aromatic N) is 1. The average Bonchev–Trinajstić information content (AvgIpc) is 2.15. The molecule has 100 valence electrons. The van der Waals surface area contributed by atoms with Gasteiger partial charge in [-0.05, 0) is 40.5 Å². The fourth-order valence-electron chi connectivity index (χ4n) is 1.86. The number of ether oxygens (including phenoxy) is 1. The Morgan fingerprint density at radius 3 is 2.24 bits per heavy atom. The van der Waals surface area contributed by atoms with Crippen molar-refractivity contribution in [2.24, 2.45) is 5.73 Å². The Balaban J connectivity index is 2.50. The molecule has 1 rings (SSSR count). The number of hydrogen-bond acceptors (Lipinski definition) is 4. The zero-order chi connectivity index (χ0) is 13.3. The fraction of sp³-hybridized carbons (Fsp3) is 0.917. The first kappa shape index (κ1) is 14.3. The van der Waals surface area contributed by atoms with Crippen molar-refractivity contribution < 1.29 is 14.6 Å². The number of nitrogens with two attached hydrogens (primary N) is 1. The number of hydrogen-bond donors (Lipinski definition) is 2. The Morgan fingerprint density at radius 2 is 1.88 bits per heavy atom. The molecule has 0 aromatic heterocycles. The van der Waals surface area contributed by atoms with Crippen molar-refractivity contribution in [2.45, 2.75) is 57.8 Å². The predicted octanol–water partition coefficient (Wildman–Crippen LogP) is 1.10. The summed E-state index contributed by atoms with van der Waals surface area (Å²) in [5.41, 5.74) is 4.41. The molecule has 0 spiro atoms. The van der Waals surface area contributed by atoms with Gasteiger partial charge in [0.05, 0.1) is 5.60 Å². The van der Waals surface area contributed by atoms with Crippen molar-refractivity contribution in [3.8, 4) is 0 Å². The molecule has 0 saturated carbocycles. The second kappa shape index (κ2) is 4.82. The number of piperidine rings is 1. The van der Waals surface area contributed by atoms with E-state index in [2.05, 4.69) is 0 Å². The number of aliphatic hydroxyl groups is 1. The molecule has 5 nitrogen and oxygen atoms in total. The topological polar surface area (TPSA) is 75.8 Å². The van der Waals surface area contributed by atoms with Crippen molar-refractivity contribution in [1.82, 2.24) is 4.90 Å². The van der Waals surface area contributed by atoms with Crippen LogP contribution in [0.5, 0.6) is 0 Å². The molecule has 5 heteroatoms. The lowest BCUT2D eigenvalue weighted by atomic mass is 9.86. The molecule has 1 fully saturated rings. The van der Waals surface area contributed by atoms with E-state index in [1.54, 1.807) is 11.8 Å². The lowest BCUT2D eigenvalue weighted by Crippen LogP contribution is -2.55. The summed E-state index contributed by atoms with van der Waals surface area (Å²) < 4.78 is 5.28. The fourth-order valence-corrected chi connectivity index (χ4v) is 1.86. The third-order valence-electron chi connectivity index (χ3n) is 3.13. The quantitative estimate of drug-likeness (QED) is 0.724. The first-order valence-electron chi connectivity index (χ1n) is 6.10. The van der Waals surface area contributed by atoms with E-state index in [4.69, 9.17) is 10.5 Å². The molecule has 1 unspecified atom stereocenters. The van der Waals surface area contributed by atoms with E-state index in [0.29, 0.717) is 25.9 Å². The summed E-state index contributed by atoms with van der Waals surface area (Å²) in [6, 6.07) is -0.275. The van der Waals surface area contributed by atoms with Crippen LogP contribution in [-0.2, 0) is 4.74 Å². The van der Waals surface area contributed by atoms with Gasteiger partial charge in [0.25, 0.3) is 0 Å². The van der Waals surface area contributed by atoms with E-state index in [0.717, 1.165) is 0 Å². The van der Waals surface area contributed by atoms with Gasteiger partial charge in [-0.3, -0.25) is 0 Å². The summed E-state index contributed by atoms with van der Waals surface area (Å²) in [7, 11) is 0. The minimum atomic E-state index is -0.849. The molecule has 0 radical (unpaired) electrons. The first-order chi connectivity index (χ1) is 7.64. The first-order valence-corrected chi connectivity index (χ1v) is 6.10. The van der Waals surface area contributed by atoms with Gasteiger partial charge in [-0.25, -0.2) is 4.79 Å². The minimum Gasteiger partial charge on any atom is -0.444 e. The Labute approximate surface area is 103 Å². The van der Waals surface area contributed by atoms with Crippen LogP contribution in [0.1, 0.15) is 40.5 Å². The molecule has 1 saturated heterocycles. The third-order valence-corrected chi connectivity index (χ3v) is 3.13. The highest BCUT2D eigenvalue weighted by Gasteiger charge is 2.37. The normalized spacial score (nSPS) is 22.1. The summed E-state index contributed by atoms with van der Waals surface area (Å²) >= 11 is 0. The average molecular weight is 244 g/mol. The third kappa shape index (κ3) is 3.85. The van der Waals surface area contributed by atoms with Crippen LogP contribution < -0.4 is 5.73 Å². The van der Waals surface area contributed by atoms with E-state index in [9.17, 15) is 9.90 Å². The summed E-state index contributed by atoms with van der Waals surface area (Å²) in [5, 5.41) is 10.2. The van der Waals surface area contributed by atoms with E-state index in [-0.39, 0.29) is 12.1 Å². The Hall–Kier alpha value is -0.810. The zero-order valence-electron chi connectivity index (χ0n) is 11.2. The van der Waals surface area contributed by atoms with Gasteiger partial charge >= 0.3 is 6.09 Å². The molecule has 0 aromatic carbocycles.